The second-order valence-electron chi connectivity index (χ2n) is 7.85. The SMILES string of the molecule is CCCN1CCN(C(=O)[C@@H]2CC(=O)N(CCc3ccc(OC)c(OC)c3)C2)CC1. The van der Waals surface area contributed by atoms with Crippen molar-refractivity contribution < 1.29 is 19.1 Å². The normalized spacial score (nSPS) is 20.2. The smallest absolute Gasteiger partial charge is 0.228 e. The zero-order valence-electron chi connectivity index (χ0n) is 17.9. The number of hydrogen-bond acceptors (Lipinski definition) is 5. The van der Waals surface area contributed by atoms with Gasteiger partial charge in [0.25, 0.3) is 0 Å². The first kappa shape index (κ1) is 21.4. The minimum absolute atomic E-state index is 0.0773. The summed E-state index contributed by atoms with van der Waals surface area (Å²) in [5.74, 6) is 1.40. The van der Waals surface area contributed by atoms with Gasteiger partial charge in [0.05, 0.1) is 20.1 Å². The van der Waals surface area contributed by atoms with Crippen LogP contribution in [-0.4, -0.2) is 86.5 Å². The Labute approximate surface area is 173 Å². The third-order valence-electron chi connectivity index (χ3n) is 5.91. The van der Waals surface area contributed by atoms with Crippen molar-refractivity contribution in [1.82, 2.24) is 14.7 Å². The Hall–Kier alpha value is -2.28. The lowest BCUT2D eigenvalue weighted by Crippen LogP contribution is -2.50. The fraction of sp³-hybridized carbons (Fsp3) is 0.636. The van der Waals surface area contributed by atoms with E-state index in [9.17, 15) is 9.59 Å². The zero-order valence-corrected chi connectivity index (χ0v) is 17.9. The van der Waals surface area contributed by atoms with E-state index in [4.69, 9.17) is 9.47 Å². The molecule has 1 aromatic rings. The van der Waals surface area contributed by atoms with E-state index >= 15 is 0 Å². The number of likely N-dealkylation sites (tertiary alicyclic amines) is 1. The number of methoxy groups -OCH3 is 2. The van der Waals surface area contributed by atoms with Crippen LogP contribution in [0.3, 0.4) is 0 Å². The lowest BCUT2D eigenvalue weighted by molar-refractivity contribution is -0.137. The molecule has 2 aliphatic rings. The summed E-state index contributed by atoms with van der Waals surface area (Å²) in [4.78, 5) is 31.5. The lowest BCUT2D eigenvalue weighted by atomic mass is 10.1. The van der Waals surface area contributed by atoms with Crippen molar-refractivity contribution in [2.75, 3.05) is 60.0 Å². The molecule has 0 radical (unpaired) electrons. The minimum atomic E-state index is -0.203. The number of amides is 2. The van der Waals surface area contributed by atoms with Crippen molar-refractivity contribution in [3.8, 4) is 11.5 Å². The van der Waals surface area contributed by atoms with Crippen molar-refractivity contribution >= 4 is 11.8 Å². The van der Waals surface area contributed by atoms with Crippen LogP contribution in [0.1, 0.15) is 25.3 Å². The highest BCUT2D eigenvalue weighted by molar-refractivity contribution is 5.89. The Morgan fingerprint density at radius 3 is 2.45 bits per heavy atom. The summed E-state index contributed by atoms with van der Waals surface area (Å²) in [7, 11) is 3.23. The van der Waals surface area contributed by atoms with Crippen molar-refractivity contribution in [2.45, 2.75) is 26.2 Å². The predicted molar refractivity (Wildman–Crippen MR) is 111 cm³/mol. The average Bonchev–Trinajstić information content (AvgIpc) is 3.12. The molecule has 0 saturated carbocycles. The van der Waals surface area contributed by atoms with Gasteiger partial charge in [0.2, 0.25) is 11.8 Å². The van der Waals surface area contributed by atoms with Gasteiger partial charge >= 0.3 is 0 Å². The van der Waals surface area contributed by atoms with Crippen LogP contribution in [0.5, 0.6) is 11.5 Å². The van der Waals surface area contributed by atoms with Crippen LogP contribution in [0.25, 0.3) is 0 Å². The average molecular weight is 404 g/mol. The molecule has 0 bridgehead atoms. The number of carbonyl (C=O) groups is 2. The third-order valence-corrected chi connectivity index (χ3v) is 5.91. The van der Waals surface area contributed by atoms with Crippen molar-refractivity contribution in [1.29, 1.82) is 0 Å². The standard InChI is InChI=1S/C22H33N3O4/c1-4-8-23-10-12-24(13-11-23)22(27)18-15-21(26)25(16-18)9-7-17-5-6-19(28-2)20(14-17)29-3/h5-6,14,18H,4,7-13,15-16H2,1-3H3/t18-/m1/s1. The van der Waals surface area contributed by atoms with E-state index in [1.807, 2.05) is 28.0 Å². The van der Waals surface area contributed by atoms with Gasteiger partial charge in [-0.3, -0.25) is 14.5 Å². The molecule has 2 heterocycles. The predicted octanol–water partition coefficient (Wildman–Crippen LogP) is 1.65. The Morgan fingerprint density at radius 2 is 1.79 bits per heavy atom. The van der Waals surface area contributed by atoms with Gasteiger partial charge in [-0.1, -0.05) is 13.0 Å². The largest absolute Gasteiger partial charge is 0.493 e. The molecule has 160 valence electrons. The summed E-state index contributed by atoms with van der Waals surface area (Å²) < 4.78 is 10.6. The molecule has 29 heavy (non-hydrogen) atoms. The second kappa shape index (κ2) is 9.96. The van der Waals surface area contributed by atoms with Gasteiger partial charge in [0.1, 0.15) is 0 Å². The van der Waals surface area contributed by atoms with E-state index in [0.717, 1.165) is 51.1 Å². The van der Waals surface area contributed by atoms with E-state index in [1.54, 1.807) is 14.2 Å². The molecule has 2 fully saturated rings. The molecule has 0 unspecified atom stereocenters. The van der Waals surface area contributed by atoms with Crippen LogP contribution >= 0.6 is 0 Å². The van der Waals surface area contributed by atoms with Gasteiger partial charge in [-0.05, 0) is 37.1 Å². The number of piperazine rings is 1. The number of ether oxygens (including phenoxy) is 2. The van der Waals surface area contributed by atoms with Crippen LogP contribution in [0, 0.1) is 5.92 Å². The Morgan fingerprint density at radius 1 is 1.07 bits per heavy atom. The molecule has 2 amide bonds. The first-order valence-corrected chi connectivity index (χ1v) is 10.6. The van der Waals surface area contributed by atoms with Gasteiger partial charge in [-0.2, -0.15) is 0 Å². The maximum atomic E-state index is 12.9. The van der Waals surface area contributed by atoms with Crippen LogP contribution in [0.4, 0.5) is 0 Å². The highest BCUT2D eigenvalue weighted by Crippen LogP contribution is 2.28. The highest BCUT2D eigenvalue weighted by Gasteiger charge is 2.37. The molecular weight excluding hydrogens is 370 g/mol. The number of hydrogen-bond donors (Lipinski definition) is 0. The molecule has 2 saturated heterocycles. The maximum absolute atomic E-state index is 12.9. The fourth-order valence-corrected chi connectivity index (χ4v) is 4.22. The highest BCUT2D eigenvalue weighted by atomic mass is 16.5. The Kier molecular flexibility index (Phi) is 7.36. The van der Waals surface area contributed by atoms with E-state index in [0.29, 0.717) is 31.0 Å². The van der Waals surface area contributed by atoms with Gasteiger partial charge in [0, 0.05) is 45.7 Å². The van der Waals surface area contributed by atoms with Gasteiger partial charge in [-0.25, -0.2) is 0 Å². The van der Waals surface area contributed by atoms with Crippen LogP contribution < -0.4 is 9.47 Å². The number of rotatable bonds is 8. The van der Waals surface area contributed by atoms with Crippen LogP contribution in [0.15, 0.2) is 18.2 Å². The molecule has 3 rings (SSSR count). The summed E-state index contributed by atoms with van der Waals surface area (Å²) in [5.41, 5.74) is 1.08. The monoisotopic (exact) mass is 403 g/mol. The molecule has 0 aliphatic carbocycles. The van der Waals surface area contributed by atoms with Crippen molar-refractivity contribution in [2.24, 2.45) is 5.92 Å². The molecular formula is C22H33N3O4. The molecule has 7 nitrogen and oxygen atoms in total. The third kappa shape index (κ3) is 5.21. The van der Waals surface area contributed by atoms with Crippen LogP contribution in [0.2, 0.25) is 0 Å². The number of nitrogens with zero attached hydrogens (tertiary/aromatic N) is 3. The van der Waals surface area contributed by atoms with Crippen molar-refractivity contribution in [3.05, 3.63) is 23.8 Å². The molecule has 0 aromatic heterocycles. The first-order chi connectivity index (χ1) is 14.0. The molecule has 1 aromatic carbocycles. The van der Waals surface area contributed by atoms with Crippen molar-refractivity contribution in [3.63, 3.8) is 0 Å². The fourth-order valence-electron chi connectivity index (χ4n) is 4.22. The Balaban J connectivity index is 1.51. The van der Waals surface area contributed by atoms with E-state index in [2.05, 4.69) is 11.8 Å². The summed E-state index contributed by atoms with van der Waals surface area (Å²) in [6.45, 7) is 7.82. The minimum Gasteiger partial charge on any atom is -0.493 e. The molecule has 0 spiro atoms. The molecule has 7 heteroatoms. The summed E-state index contributed by atoms with van der Waals surface area (Å²) >= 11 is 0. The lowest BCUT2D eigenvalue weighted by Gasteiger charge is -2.35. The molecule has 2 aliphatic heterocycles. The molecule has 0 N–H and O–H groups in total. The van der Waals surface area contributed by atoms with E-state index < -0.39 is 0 Å². The summed E-state index contributed by atoms with van der Waals surface area (Å²) in [6.07, 6.45) is 2.20. The summed E-state index contributed by atoms with van der Waals surface area (Å²) in [5, 5.41) is 0. The molecule has 1 atom stereocenters. The quantitative estimate of drug-likeness (QED) is 0.661. The Bertz CT molecular complexity index is 716. The maximum Gasteiger partial charge on any atom is 0.228 e. The van der Waals surface area contributed by atoms with Gasteiger partial charge in [0.15, 0.2) is 11.5 Å². The van der Waals surface area contributed by atoms with E-state index in [1.165, 1.54) is 0 Å². The second-order valence-corrected chi connectivity index (χ2v) is 7.85. The first-order valence-electron chi connectivity index (χ1n) is 10.6. The van der Waals surface area contributed by atoms with Gasteiger partial charge in [-0.15, -0.1) is 0 Å². The zero-order chi connectivity index (χ0) is 20.8. The number of benzene rings is 1. The van der Waals surface area contributed by atoms with Gasteiger partial charge < -0.3 is 19.3 Å². The summed E-state index contributed by atoms with van der Waals surface area (Å²) in [6, 6.07) is 5.81. The van der Waals surface area contributed by atoms with E-state index in [-0.39, 0.29) is 17.7 Å². The van der Waals surface area contributed by atoms with Crippen LogP contribution in [-0.2, 0) is 16.0 Å². The number of carbonyl (C=O) groups excluding carboxylic acids is 2. The topological polar surface area (TPSA) is 62.3 Å².